The third kappa shape index (κ3) is 5.50. The first kappa shape index (κ1) is 12.3. The molecule has 0 aliphatic heterocycles. The van der Waals surface area contributed by atoms with E-state index in [9.17, 15) is 4.79 Å². The number of carbonyl (C=O) groups is 1. The fraction of sp³-hybridized carbons (Fsp3) is 0.900. The Morgan fingerprint density at radius 3 is 2.31 bits per heavy atom. The van der Waals surface area contributed by atoms with Crippen molar-refractivity contribution in [3.05, 3.63) is 0 Å². The predicted molar refractivity (Wildman–Crippen MR) is 51.6 cm³/mol. The predicted octanol–water partition coefficient (Wildman–Crippen LogP) is 2.98. The molecule has 0 amide bonds. The van der Waals surface area contributed by atoms with Gasteiger partial charge < -0.3 is 9.47 Å². The van der Waals surface area contributed by atoms with Crippen LogP contribution in [0.3, 0.4) is 0 Å². The maximum Gasteiger partial charge on any atom is 0.508 e. The molecule has 0 saturated heterocycles. The third-order valence-electron chi connectivity index (χ3n) is 1.92. The molecule has 3 heteroatoms. The lowest BCUT2D eigenvalue weighted by Gasteiger charge is -2.26. The summed E-state index contributed by atoms with van der Waals surface area (Å²) in [6, 6.07) is 0. The van der Waals surface area contributed by atoms with Crippen molar-refractivity contribution in [1.29, 1.82) is 0 Å². The molecule has 0 aromatic heterocycles. The van der Waals surface area contributed by atoms with Gasteiger partial charge in [-0.15, -0.1) is 0 Å². The Labute approximate surface area is 80.4 Å². The summed E-state index contributed by atoms with van der Waals surface area (Å²) in [4.78, 5) is 11.0. The van der Waals surface area contributed by atoms with Gasteiger partial charge in [-0.05, 0) is 18.8 Å². The molecule has 0 aromatic rings. The summed E-state index contributed by atoms with van der Waals surface area (Å²) >= 11 is 0. The Morgan fingerprint density at radius 1 is 1.38 bits per heavy atom. The summed E-state index contributed by atoms with van der Waals surface area (Å²) in [5.41, 5.74) is -0.0365. The lowest BCUT2D eigenvalue weighted by atomic mass is 9.90. The van der Waals surface area contributed by atoms with Crippen LogP contribution in [0.1, 0.15) is 41.0 Å². The SMILES string of the molecule is CCCOC(=O)O[C@H](C)C(C)(C)C. The molecule has 0 aromatic carbocycles. The molecular formula is C10H20O3. The number of hydrogen-bond acceptors (Lipinski definition) is 3. The van der Waals surface area contributed by atoms with Gasteiger partial charge in [-0.3, -0.25) is 0 Å². The summed E-state index contributed by atoms with van der Waals surface area (Å²) in [5.74, 6) is 0. The van der Waals surface area contributed by atoms with Gasteiger partial charge in [-0.2, -0.15) is 0 Å². The number of carbonyl (C=O) groups excluding carboxylic acids is 1. The van der Waals surface area contributed by atoms with Gasteiger partial charge in [0.2, 0.25) is 0 Å². The van der Waals surface area contributed by atoms with E-state index in [1.54, 1.807) is 0 Å². The lowest BCUT2D eigenvalue weighted by molar-refractivity contribution is -0.00836. The van der Waals surface area contributed by atoms with E-state index in [2.05, 4.69) is 0 Å². The zero-order valence-corrected chi connectivity index (χ0v) is 9.22. The van der Waals surface area contributed by atoms with Crippen molar-refractivity contribution < 1.29 is 14.3 Å². The highest BCUT2D eigenvalue weighted by atomic mass is 16.7. The molecule has 78 valence electrons. The first-order valence-electron chi connectivity index (χ1n) is 4.71. The van der Waals surface area contributed by atoms with E-state index in [1.165, 1.54) is 0 Å². The molecule has 13 heavy (non-hydrogen) atoms. The van der Waals surface area contributed by atoms with Gasteiger partial charge in [-0.25, -0.2) is 4.79 Å². The summed E-state index contributed by atoms with van der Waals surface area (Å²) in [7, 11) is 0. The topological polar surface area (TPSA) is 35.5 Å². The minimum atomic E-state index is -0.565. The van der Waals surface area contributed by atoms with Crippen LogP contribution in [-0.4, -0.2) is 18.9 Å². The van der Waals surface area contributed by atoms with Gasteiger partial charge in [0.1, 0.15) is 6.10 Å². The molecule has 1 atom stereocenters. The average molecular weight is 188 g/mol. The Hall–Kier alpha value is -0.730. The number of hydrogen-bond donors (Lipinski definition) is 0. The van der Waals surface area contributed by atoms with E-state index in [0.717, 1.165) is 6.42 Å². The minimum Gasteiger partial charge on any atom is -0.434 e. The van der Waals surface area contributed by atoms with Crippen LogP contribution in [0.25, 0.3) is 0 Å². The van der Waals surface area contributed by atoms with Gasteiger partial charge in [0.25, 0.3) is 0 Å². The third-order valence-corrected chi connectivity index (χ3v) is 1.92. The Balaban J connectivity index is 3.79. The van der Waals surface area contributed by atoms with E-state index in [1.807, 2.05) is 34.6 Å². The molecule has 0 fully saturated rings. The zero-order chi connectivity index (χ0) is 10.5. The van der Waals surface area contributed by atoms with Crippen molar-refractivity contribution in [3.63, 3.8) is 0 Å². The van der Waals surface area contributed by atoms with Crippen LogP contribution in [0, 0.1) is 5.41 Å². The van der Waals surface area contributed by atoms with E-state index in [-0.39, 0.29) is 11.5 Å². The van der Waals surface area contributed by atoms with Gasteiger partial charge in [0, 0.05) is 0 Å². The van der Waals surface area contributed by atoms with Crippen LogP contribution in [0.15, 0.2) is 0 Å². The van der Waals surface area contributed by atoms with Crippen LogP contribution in [-0.2, 0) is 9.47 Å². The zero-order valence-electron chi connectivity index (χ0n) is 9.22. The van der Waals surface area contributed by atoms with Gasteiger partial charge in [0.15, 0.2) is 0 Å². The van der Waals surface area contributed by atoms with Crippen molar-refractivity contribution in [3.8, 4) is 0 Å². The molecular weight excluding hydrogens is 168 g/mol. The first-order valence-corrected chi connectivity index (χ1v) is 4.71. The molecule has 0 heterocycles. The van der Waals surface area contributed by atoms with Crippen LogP contribution >= 0.6 is 0 Å². The molecule has 0 aliphatic rings. The molecule has 0 radical (unpaired) electrons. The van der Waals surface area contributed by atoms with E-state index < -0.39 is 6.16 Å². The first-order chi connectivity index (χ1) is 5.88. The maximum absolute atomic E-state index is 11.0. The second-order valence-electron chi connectivity index (χ2n) is 4.22. The molecule has 0 aliphatic carbocycles. The summed E-state index contributed by atoms with van der Waals surface area (Å²) in [5, 5.41) is 0. The van der Waals surface area contributed by atoms with Crippen molar-refractivity contribution >= 4 is 6.16 Å². The highest BCUT2D eigenvalue weighted by Crippen LogP contribution is 2.21. The molecule has 0 saturated carbocycles. The van der Waals surface area contributed by atoms with Crippen LogP contribution in [0.5, 0.6) is 0 Å². The Morgan fingerprint density at radius 2 is 1.92 bits per heavy atom. The Bertz CT molecular complexity index is 158. The van der Waals surface area contributed by atoms with E-state index in [0.29, 0.717) is 6.61 Å². The number of ether oxygens (including phenoxy) is 2. The van der Waals surface area contributed by atoms with Crippen molar-refractivity contribution in [2.24, 2.45) is 5.41 Å². The number of rotatable bonds is 3. The fourth-order valence-corrected chi connectivity index (χ4v) is 0.541. The summed E-state index contributed by atoms with van der Waals surface area (Å²) in [6.45, 7) is 10.3. The van der Waals surface area contributed by atoms with E-state index >= 15 is 0 Å². The molecule has 0 rings (SSSR count). The van der Waals surface area contributed by atoms with Crippen LogP contribution in [0.4, 0.5) is 4.79 Å². The molecule has 0 unspecified atom stereocenters. The summed E-state index contributed by atoms with van der Waals surface area (Å²) in [6.07, 6.45) is 0.125. The van der Waals surface area contributed by atoms with Gasteiger partial charge in [0.05, 0.1) is 6.61 Å². The second-order valence-corrected chi connectivity index (χ2v) is 4.22. The highest BCUT2D eigenvalue weighted by molar-refractivity contribution is 5.60. The molecule has 0 N–H and O–H groups in total. The van der Waals surface area contributed by atoms with Crippen LogP contribution in [0.2, 0.25) is 0 Å². The molecule has 3 nitrogen and oxygen atoms in total. The quantitative estimate of drug-likeness (QED) is 0.639. The van der Waals surface area contributed by atoms with Crippen LogP contribution < -0.4 is 0 Å². The highest BCUT2D eigenvalue weighted by Gasteiger charge is 2.24. The standard InChI is InChI=1S/C10H20O3/c1-6-7-12-9(11)13-8(2)10(3,4)5/h8H,6-7H2,1-5H3/t8-/m1/s1. The Kier molecular flexibility index (Phi) is 4.81. The van der Waals surface area contributed by atoms with Gasteiger partial charge in [-0.1, -0.05) is 27.7 Å². The van der Waals surface area contributed by atoms with Crippen molar-refractivity contribution in [2.45, 2.75) is 47.1 Å². The lowest BCUT2D eigenvalue weighted by Crippen LogP contribution is -2.29. The summed E-state index contributed by atoms with van der Waals surface area (Å²) < 4.78 is 9.85. The molecule has 0 bridgehead atoms. The molecule has 0 spiro atoms. The maximum atomic E-state index is 11.0. The average Bonchev–Trinajstić information content (AvgIpc) is 1.99. The van der Waals surface area contributed by atoms with Crippen molar-refractivity contribution in [2.75, 3.05) is 6.61 Å². The normalized spacial score (nSPS) is 13.6. The largest absolute Gasteiger partial charge is 0.508 e. The second kappa shape index (κ2) is 5.10. The fourth-order valence-electron chi connectivity index (χ4n) is 0.541. The van der Waals surface area contributed by atoms with Crippen molar-refractivity contribution in [1.82, 2.24) is 0 Å². The monoisotopic (exact) mass is 188 g/mol. The van der Waals surface area contributed by atoms with E-state index in [4.69, 9.17) is 9.47 Å². The van der Waals surface area contributed by atoms with Gasteiger partial charge >= 0.3 is 6.16 Å². The smallest absolute Gasteiger partial charge is 0.434 e. The minimum absolute atomic E-state index is 0.0365.